The highest BCUT2D eigenvalue weighted by Crippen LogP contribution is 2.32. The van der Waals surface area contributed by atoms with Gasteiger partial charge in [0.15, 0.2) is 0 Å². The number of likely N-dealkylation sites (tertiary alicyclic amines) is 1. The third-order valence-corrected chi connectivity index (χ3v) is 5.63. The van der Waals surface area contributed by atoms with Crippen molar-refractivity contribution in [3.63, 3.8) is 0 Å². The lowest BCUT2D eigenvalue weighted by Crippen LogP contribution is -2.45. The van der Waals surface area contributed by atoms with E-state index in [0.29, 0.717) is 13.0 Å². The summed E-state index contributed by atoms with van der Waals surface area (Å²) in [6.45, 7) is 1.94. The topological polar surface area (TPSA) is 45.7 Å². The fourth-order valence-electron chi connectivity index (χ4n) is 4.20. The van der Waals surface area contributed by atoms with Gasteiger partial charge in [0.2, 0.25) is 5.91 Å². The number of benzene rings is 1. The Balaban J connectivity index is 1.50. The lowest BCUT2D eigenvalue weighted by Gasteiger charge is -2.38. The Morgan fingerprint density at radius 2 is 2.08 bits per heavy atom. The Hall–Kier alpha value is -2.37. The summed E-state index contributed by atoms with van der Waals surface area (Å²) < 4.78 is 18.3. The number of pyridine rings is 1. The van der Waals surface area contributed by atoms with Crippen LogP contribution in [0.4, 0.5) is 10.1 Å². The Morgan fingerprint density at radius 1 is 1.27 bits per heavy atom. The van der Waals surface area contributed by atoms with Crippen LogP contribution in [-0.4, -0.2) is 55.3 Å². The highest BCUT2D eigenvalue weighted by molar-refractivity contribution is 5.92. The van der Waals surface area contributed by atoms with Crippen molar-refractivity contribution < 1.29 is 13.9 Å². The summed E-state index contributed by atoms with van der Waals surface area (Å²) in [7, 11) is 1.67. The van der Waals surface area contributed by atoms with Crippen LogP contribution in [0.2, 0.25) is 0 Å². The van der Waals surface area contributed by atoms with Crippen LogP contribution in [0.1, 0.15) is 19.3 Å². The van der Waals surface area contributed by atoms with Crippen LogP contribution in [0.5, 0.6) is 5.75 Å². The number of carbonyl (C=O) groups excluding carboxylic acids is 1. The van der Waals surface area contributed by atoms with Gasteiger partial charge < -0.3 is 14.5 Å². The van der Waals surface area contributed by atoms with Gasteiger partial charge in [0.1, 0.15) is 5.75 Å². The van der Waals surface area contributed by atoms with Crippen LogP contribution in [0.3, 0.4) is 0 Å². The Bertz CT molecular complexity index is 805. The van der Waals surface area contributed by atoms with Gasteiger partial charge in [-0.15, -0.1) is 0 Å². The number of halogens is 1. The smallest absolute Gasteiger partial charge is 0.223 e. The maximum Gasteiger partial charge on any atom is 0.223 e. The van der Waals surface area contributed by atoms with Crippen LogP contribution in [0.25, 0.3) is 10.9 Å². The molecule has 0 saturated carbocycles. The van der Waals surface area contributed by atoms with Gasteiger partial charge in [0.25, 0.3) is 0 Å². The standard InChI is InChI=1S/C20H24FN3O2/c1-26-16-2-3-18-17(11-16)19(4-7-22-18)23-8-5-15(6-9-23)24-13-14(12-21)10-20(24)25/h2-4,7,11,14-15H,5-6,8-10,12-13H2,1H3. The summed E-state index contributed by atoms with van der Waals surface area (Å²) in [4.78, 5) is 20.9. The van der Waals surface area contributed by atoms with Gasteiger partial charge >= 0.3 is 0 Å². The van der Waals surface area contributed by atoms with Crippen molar-refractivity contribution >= 4 is 22.5 Å². The van der Waals surface area contributed by atoms with Crippen molar-refractivity contribution in [3.05, 3.63) is 30.5 Å². The normalized spacial score (nSPS) is 21.6. The molecule has 3 heterocycles. The first-order valence-corrected chi connectivity index (χ1v) is 9.22. The van der Waals surface area contributed by atoms with E-state index >= 15 is 0 Å². The average molecular weight is 357 g/mol. The van der Waals surface area contributed by atoms with E-state index in [4.69, 9.17) is 4.74 Å². The number of hydrogen-bond acceptors (Lipinski definition) is 4. The molecular weight excluding hydrogens is 333 g/mol. The van der Waals surface area contributed by atoms with Crippen molar-refractivity contribution in [3.8, 4) is 5.75 Å². The fourth-order valence-corrected chi connectivity index (χ4v) is 4.20. The SMILES string of the molecule is COc1ccc2nccc(N3CCC(N4CC(CF)CC4=O)CC3)c2c1. The molecule has 0 radical (unpaired) electrons. The maximum atomic E-state index is 12.9. The molecule has 138 valence electrons. The third-order valence-electron chi connectivity index (χ3n) is 5.63. The minimum Gasteiger partial charge on any atom is -0.497 e. The molecule has 1 aromatic carbocycles. The molecule has 2 aliphatic rings. The van der Waals surface area contributed by atoms with E-state index in [9.17, 15) is 9.18 Å². The number of fused-ring (bicyclic) bond motifs is 1. The van der Waals surface area contributed by atoms with Gasteiger partial charge in [-0.1, -0.05) is 0 Å². The number of carbonyl (C=O) groups is 1. The summed E-state index contributed by atoms with van der Waals surface area (Å²) in [6, 6.07) is 8.20. The molecule has 1 amide bonds. The number of rotatable bonds is 4. The lowest BCUT2D eigenvalue weighted by atomic mass is 10.0. The number of amides is 1. The van der Waals surface area contributed by atoms with E-state index in [-0.39, 0.29) is 17.9 Å². The molecule has 2 fully saturated rings. The van der Waals surface area contributed by atoms with E-state index in [1.807, 2.05) is 35.4 Å². The van der Waals surface area contributed by atoms with Crippen molar-refractivity contribution in [1.82, 2.24) is 9.88 Å². The molecule has 26 heavy (non-hydrogen) atoms. The molecule has 5 nitrogen and oxygen atoms in total. The van der Waals surface area contributed by atoms with E-state index < -0.39 is 6.67 Å². The molecule has 2 aromatic rings. The third kappa shape index (κ3) is 3.08. The van der Waals surface area contributed by atoms with E-state index in [1.54, 1.807) is 7.11 Å². The number of alkyl halides is 1. The average Bonchev–Trinajstić information content (AvgIpc) is 3.08. The van der Waals surface area contributed by atoms with Crippen molar-refractivity contribution in [2.45, 2.75) is 25.3 Å². The van der Waals surface area contributed by atoms with Gasteiger partial charge in [-0.25, -0.2) is 0 Å². The second-order valence-electron chi connectivity index (χ2n) is 7.20. The van der Waals surface area contributed by atoms with Crippen molar-refractivity contribution in [1.29, 1.82) is 0 Å². The van der Waals surface area contributed by atoms with Crippen LogP contribution in [-0.2, 0) is 4.79 Å². The quantitative estimate of drug-likeness (QED) is 0.844. The second kappa shape index (κ2) is 7.09. The lowest BCUT2D eigenvalue weighted by molar-refractivity contribution is -0.130. The number of ether oxygens (including phenoxy) is 1. The first-order valence-electron chi connectivity index (χ1n) is 9.22. The first kappa shape index (κ1) is 17.1. The van der Waals surface area contributed by atoms with Crippen molar-refractivity contribution in [2.75, 3.05) is 38.3 Å². The molecule has 1 aromatic heterocycles. The largest absolute Gasteiger partial charge is 0.497 e. The van der Waals surface area contributed by atoms with Gasteiger partial charge in [-0.3, -0.25) is 14.2 Å². The summed E-state index contributed by atoms with van der Waals surface area (Å²) >= 11 is 0. The monoisotopic (exact) mass is 357 g/mol. The highest BCUT2D eigenvalue weighted by Gasteiger charge is 2.35. The molecule has 4 rings (SSSR count). The predicted molar refractivity (Wildman–Crippen MR) is 99.3 cm³/mol. The fraction of sp³-hybridized carbons (Fsp3) is 0.500. The molecule has 2 saturated heterocycles. The second-order valence-corrected chi connectivity index (χ2v) is 7.20. The van der Waals surface area contributed by atoms with Crippen LogP contribution in [0.15, 0.2) is 30.5 Å². The first-order chi connectivity index (χ1) is 12.7. The predicted octanol–water partition coefficient (Wildman–Crippen LogP) is 3.03. The molecule has 2 aliphatic heterocycles. The highest BCUT2D eigenvalue weighted by atomic mass is 19.1. The summed E-state index contributed by atoms with van der Waals surface area (Å²) in [6.07, 6.45) is 4.04. The minimum absolute atomic E-state index is 0.114. The Labute approximate surface area is 152 Å². The van der Waals surface area contributed by atoms with Gasteiger partial charge in [-0.2, -0.15) is 0 Å². The molecule has 1 atom stereocenters. The van der Waals surface area contributed by atoms with Gasteiger partial charge in [-0.05, 0) is 37.1 Å². The van der Waals surface area contributed by atoms with Crippen LogP contribution in [0, 0.1) is 5.92 Å². The van der Waals surface area contributed by atoms with Gasteiger partial charge in [0, 0.05) is 55.3 Å². The zero-order chi connectivity index (χ0) is 18.1. The summed E-state index contributed by atoms with van der Waals surface area (Å²) in [5, 5.41) is 1.08. The van der Waals surface area contributed by atoms with E-state index in [0.717, 1.165) is 48.3 Å². The van der Waals surface area contributed by atoms with Crippen LogP contribution >= 0.6 is 0 Å². The number of anilines is 1. The number of nitrogens with zero attached hydrogens (tertiary/aromatic N) is 3. The molecule has 0 N–H and O–H groups in total. The molecule has 0 spiro atoms. The maximum absolute atomic E-state index is 12.9. The molecule has 6 heteroatoms. The zero-order valence-electron chi connectivity index (χ0n) is 15.0. The number of piperidine rings is 1. The molecule has 1 unspecified atom stereocenters. The Morgan fingerprint density at radius 3 is 2.77 bits per heavy atom. The number of methoxy groups -OCH3 is 1. The Kier molecular flexibility index (Phi) is 4.66. The van der Waals surface area contributed by atoms with E-state index in [1.165, 1.54) is 0 Å². The number of hydrogen-bond donors (Lipinski definition) is 0. The molecule has 0 bridgehead atoms. The molecule has 0 aliphatic carbocycles. The van der Waals surface area contributed by atoms with Crippen LogP contribution < -0.4 is 9.64 Å². The van der Waals surface area contributed by atoms with Crippen molar-refractivity contribution in [2.24, 2.45) is 5.92 Å². The summed E-state index contributed by atoms with van der Waals surface area (Å²) in [5.41, 5.74) is 2.10. The summed E-state index contributed by atoms with van der Waals surface area (Å²) in [5.74, 6) is 0.823. The molecular formula is C20H24FN3O2. The zero-order valence-corrected chi connectivity index (χ0v) is 15.0. The number of aromatic nitrogens is 1. The van der Waals surface area contributed by atoms with Gasteiger partial charge in [0.05, 0.1) is 19.3 Å². The van der Waals surface area contributed by atoms with E-state index in [2.05, 4.69) is 9.88 Å². The minimum atomic E-state index is -0.397.